The van der Waals surface area contributed by atoms with Crippen molar-refractivity contribution in [3.05, 3.63) is 179 Å². The van der Waals surface area contributed by atoms with Gasteiger partial charge in [-0.25, -0.2) is 0 Å². The molecule has 0 radical (unpaired) electrons. The minimum absolute atomic E-state index is 0.0000542. The van der Waals surface area contributed by atoms with Crippen molar-refractivity contribution in [1.29, 1.82) is 0 Å². The SMILES string of the molecule is CC1(C2=CCCC=C2)C=CC(C)(C2C3=CCCC=C3C(c3ccccc3)=C3C=C(C4Nc5ccccc5N4c4ccccc4)C=CC32)CC1. The summed E-state index contributed by atoms with van der Waals surface area (Å²) < 4.78 is 0. The van der Waals surface area contributed by atoms with E-state index >= 15 is 0 Å². The van der Waals surface area contributed by atoms with Gasteiger partial charge < -0.3 is 10.2 Å². The molecule has 3 aromatic rings. The van der Waals surface area contributed by atoms with Gasteiger partial charge in [0.05, 0.1) is 11.4 Å². The standard InChI is InChI=1S/C47H46N2/c1-46(35-18-8-4-9-19-35)28-30-47(2,31-29-46)44-38-23-13-12-22-37(38)43(33-16-6-3-7-17-33)40-32-34(26-27-39(40)44)45-48-41-24-14-15-25-42(41)49(45)36-20-10-5-11-21-36/h3,5-8,10-11,14-28,30,32,39,44-45,48H,4,9,12-13,29,31H2,1-2H3. The molecule has 5 aliphatic carbocycles. The minimum atomic E-state index is -0.0000542. The van der Waals surface area contributed by atoms with Gasteiger partial charge in [-0.05, 0) is 107 Å². The van der Waals surface area contributed by atoms with Gasteiger partial charge in [-0.15, -0.1) is 0 Å². The molecule has 49 heavy (non-hydrogen) atoms. The van der Waals surface area contributed by atoms with Gasteiger partial charge >= 0.3 is 0 Å². The molecular formula is C47H46N2. The third-order valence-corrected chi connectivity index (χ3v) is 12.1. The number of nitrogens with zero attached hydrogens (tertiary/aromatic N) is 1. The monoisotopic (exact) mass is 638 g/mol. The number of para-hydroxylation sites is 3. The summed E-state index contributed by atoms with van der Waals surface area (Å²) >= 11 is 0. The van der Waals surface area contributed by atoms with E-state index in [1.165, 1.54) is 69.8 Å². The van der Waals surface area contributed by atoms with Gasteiger partial charge in [0, 0.05) is 22.9 Å². The molecule has 2 heteroatoms. The lowest BCUT2D eigenvalue weighted by atomic mass is 9.53. The lowest BCUT2D eigenvalue weighted by Gasteiger charge is -2.50. The number of nitrogens with one attached hydrogen (secondary N) is 1. The summed E-state index contributed by atoms with van der Waals surface area (Å²) in [6.07, 6.45) is 32.1. The molecule has 3 aromatic carbocycles. The van der Waals surface area contributed by atoms with Gasteiger partial charge in [-0.2, -0.15) is 0 Å². The van der Waals surface area contributed by atoms with Crippen LogP contribution in [0.2, 0.25) is 0 Å². The van der Waals surface area contributed by atoms with E-state index in [2.05, 4.69) is 170 Å². The van der Waals surface area contributed by atoms with Gasteiger partial charge in [0.2, 0.25) is 0 Å². The Bertz CT molecular complexity index is 2030. The molecule has 244 valence electrons. The zero-order chi connectivity index (χ0) is 33.0. The largest absolute Gasteiger partial charge is 0.359 e. The number of rotatable bonds is 5. The third kappa shape index (κ3) is 5.07. The Labute approximate surface area is 292 Å². The van der Waals surface area contributed by atoms with Crippen LogP contribution in [-0.2, 0) is 0 Å². The second-order valence-corrected chi connectivity index (χ2v) is 15.2. The number of allylic oxidation sites excluding steroid dienone is 14. The van der Waals surface area contributed by atoms with E-state index in [0.717, 1.165) is 19.3 Å². The summed E-state index contributed by atoms with van der Waals surface area (Å²) in [7, 11) is 0. The molecule has 0 aromatic heterocycles. The molecule has 1 aliphatic heterocycles. The Morgan fingerprint density at radius 1 is 0.735 bits per heavy atom. The van der Waals surface area contributed by atoms with Crippen molar-refractivity contribution in [3.8, 4) is 0 Å². The van der Waals surface area contributed by atoms with Crippen LogP contribution in [0, 0.1) is 22.7 Å². The smallest absolute Gasteiger partial charge is 0.130 e. The minimum Gasteiger partial charge on any atom is -0.359 e. The molecule has 0 saturated heterocycles. The fourth-order valence-corrected chi connectivity index (χ4v) is 9.49. The van der Waals surface area contributed by atoms with Crippen LogP contribution in [0.15, 0.2) is 174 Å². The van der Waals surface area contributed by atoms with Crippen LogP contribution in [0.25, 0.3) is 5.57 Å². The average molecular weight is 639 g/mol. The summed E-state index contributed by atoms with van der Waals surface area (Å²) in [5, 5.41) is 3.92. The van der Waals surface area contributed by atoms with Crippen molar-refractivity contribution < 1.29 is 0 Å². The predicted octanol–water partition coefficient (Wildman–Crippen LogP) is 12.1. The second kappa shape index (κ2) is 11.9. The summed E-state index contributed by atoms with van der Waals surface area (Å²) in [5.41, 5.74) is 13.8. The first-order valence-electron chi connectivity index (χ1n) is 18.4. The van der Waals surface area contributed by atoms with Crippen LogP contribution < -0.4 is 10.2 Å². The maximum Gasteiger partial charge on any atom is 0.130 e. The van der Waals surface area contributed by atoms with Gasteiger partial charge in [0.25, 0.3) is 0 Å². The Morgan fingerprint density at radius 2 is 1.49 bits per heavy atom. The molecule has 5 unspecified atom stereocenters. The van der Waals surface area contributed by atoms with Crippen molar-refractivity contribution in [2.45, 2.75) is 58.5 Å². The molecular weight excluding hydrogens is 593 g/mol. The Hall–Kier alpha value is -4.82. The molecule has 0 spiro atoms. The van der Waals surface area contributed by atoms with Crippen LogP contribution in [-0.4, -0.2) is 6.17 Å². The second-order valence-electron chi connectivity index (χ2n) is 15.2. The highest BCUT2D eigenvalue weighted by molar-refractivity contribution is 5.91. The molecule has 0 fully saturated rings. The number of hydrogen-bond acceptors (Lipinski definition) is 2. The molecule has 0 saturated carbocycles. The van der Waals surface area contributed by atoms with Crippen molar-refractivity contribution in [2.75, 3.05) is 10.2 Å². The number of anilines is 3. The van der Waals surface area contributed by atoms with Crippen LogP contribution in [0.5, 0.6) is 0 Å². The van der Waals surface area contributed by atoms with Gasteiger partial charge in [-0.3, -0.25) is 0 Å². The van der Waals surface area contributed by atoms with Crippen LogP contribution in [0.4, 0.5) is 17.1 Å². The number of hydrogen-bond donors (Lipinski definition) is 1. The molecule has 9 rings (SSSR count). The lowest BCUT2D eigenvalue weighted by molar-refractivity contribution is 0.194. The third-order valence-electron chi connectivity index (χ3n) is 12.1. The first kappa shape index (κ1) is 30.3. The number of benzene rings is 3. The average Bonchev–Trinajstić information content (AvgIpc) is 3.56. The van der Waals surface area contributed by atoms with Gasteiger partial charge in [0.1, 0.15) is 6.17 Å². The van der Waals surface area contributed by atoms with Crippen molar-refractivity contribution in [3.63, 3.8) is 0 Å². The van der Waals surface area contributed by atoms with Crippen molar-refractivity contribution >= 4 is 22.6 Å². The topological polar surface area (TPSA) is 15.3 Å². The van der Waals surface area contributed by atoms with E-state index in [1.807, 2.05) is 0 Å². The Balaban J connectivity index is 1.18. The van der Waals surface area contributed by atoms with Crippen LogP contribution in [0.3, 0.4) is 0 Å². The molecule has 1 heterocycles. The van der Waals surface area contributed by atoms with Gasteiger partial charge in [0.15, 0.2) is 0 Å². The van der Waals surface area contributed by atoms with E-state index < -0.39 is 0 Å². The molecule has 1 N–H and O–H groups in total. The van der Waals surface area contributed by atoms with Crippen molar-refractivity contribution in [1.82, 2.24) is 0 Å². The Kier molecular flexibility index (Phi) is 7.38. The fraction of sp³-hybridized carbons (Fsp3) is 0.277. The first-order valence-corrected chi connectivity index (χ1v) is 18.4. The molecule has 2 nitrogen and oxygen atoms in total. The highest BCUT2D eigenvalue weighted by atomic mass is 15.3. The van der Waals surface area contributed by atoms with Gasteiger partial charge in [-0.1, -0.05) is 135 Å². The van der Waals surface area contributed by atoms with Crippen LogP contribution in [0.1, 0.15) is 57.9 Å². The van der Waals surface area contributed by atoms with Crippen LogP contribution >= 0.6 is 0 Å². The molecule has 5 atom stereocenters. The summed E-state index contributed by atoms with van der Waals surface area (Å²) in [6, 6.07) is 30.8. The highest BCUT2D eigenvalue weighted by Gasteiger charge is 2.49. The van der Waals surface area contributed by atoms with E-state index in [1.54, 1.807) is 5.57 Å². The maximum absolute atomic E-state index is 3.92. The highest BCUT2D eigenvalue weighted by Crippen LogP contribution is 2.60. The van der Waals surface area contributed by atoms with E-state index in [0.29, 0.717) is 11.8 Å². The summed E-state index contributed by atoms with van der Waals surface area (Å²) in [4.78, 5) is 2.47. The number of fused-ring (bicyclic) bond motifs is 3. The first-order chi connectivity index (χ1) is 24.0. The lowest BCUT2D eigenvalue weighted by Crippen LogP contribution is -2.41. The summed E-state index contributed by atoms with van der Waals surface area (Å²) in [5.74, 6) is 0.674. The molecule has 6 aliphatic rings. The summed E-state index contributed by atoms with van der Waals surface area (Å²) in [6.45, 7) is 5.01. The predicted molar refractivity (Wildman–Crippen MR) is 206 cm³/mol. The van der Waals surface area contributed by atoms with Crippen molar-refractivity contribution in [2.24, 2.45) is 22.7 Å². The van der Waals surface area contributed by atoms with E-state index in [9.17, 15) is 0 Å². The molecule has 0 bridgehead atoms. The van der Waals surface area contributed by atoms with E-state index in [4.69, 9.17) is 0 Å². The Morgan fingerprint density at radius 3 is 2.27 bits per heavy atom. The zero-order valence-electron chi connectivity index (χ0n) is 28.8. The maximum atomic E-state index is 3.92. The van der Waals surface area contributed by atoms with E-state index in [-0.39, 0.29) is 17.0 Å². The molecule has 0 amide bonds. The zero-order valence-corrected chi connectivity index (χ0v) is 28.8. The quantitative estimate of drug-likeness (QED) is 0.280. The normalized spacial score (nSPS) is 30.0. The fourth-order valence-electron chi connectivity index (χ4n) is 9.49.